The Morgan fingerprint density at radius 2 is 2.00 bits per heavy atom. The molecule has 4 heteroatoms. The second kappa shape index (κ2) is 6.42. The molecule has 0 fully saturated rings. The topological polar surface area (TPSA) is 29.3 Å². The lowest BCUT2D eigenvalue weighted by atomic mass is 10.1. The highest BCUT2D eigenvalue weighted by atomic mass is 79.9. The Hall–Kier alpha value is -1.03. The van der Waals surface area contributed by atoms with Gasteiger partial charge >= 0.3 is 0 Å². The van der Waals surface area contributed by atoms with E-state index in [-0.39, 0.29) is 0 Å². The van der Waals surface area contributed by atoms with Crippen LogP contribution >= 0.6 is 27.5 Å². The van der Waals surface area contributed by atoms with Gasteiger partial charge in [-0.25, -0.2) is 0 Å². The highest BCUT2D eigenvalue weighted by Crippen LogP contribution is 2.24. The van der Waals surface area contributed by atoms with Crippen molar-refractivity contribution in [3.63, 3.8) is 0 Å². The molecule has 0 saturated carbocycles. The molecule has 0 amide bonds. The van der Waals surface area contributed by atoms with Crippen molar-refractivity contribution in [1.29, 1.82) is 0 Å². The molecule has 2 aromatic carbocycles. The van der Waals surface area contributed by atoms with Crippen molar-refractivity contribution in [2.24, 2.45) is 5.73 Å². The van der Waals surface area contributed by atoms with E-state index < -0.39 is 0 Å². The molecule has 0 aliphatic heterocycles. The standard InChI is InChI=1S/C15H16BrClN2/c1-19(10-11-3-2-4-13(17)7-11)14-6-5-12(9-18)15(16)8-14/h2-8H,9-10,18H2,1H3. The number of nitrogens with two attached hydrogens (primary N) is 1. The number of rotatable bonds is 4. The van der Waals surface area contributed by atoms with Gasteiger partial charge in [-0.1, -0.05) is 45.7 Å². The van der Waals surface area contributed by atoms with E-state index in [1.54, 1.807) is 0 Å². The van der Waals surface area contributed by atoms with Crippen molar-refractivity contribution in [3.05, 3.63) is 63.1 Å². The van der Waals surface area contributed by atoms with Gasteiger partial charge in [-0.15, -0.1) is 0 Å². The van der Waals surface area contributed by atoms with E-state index in [1.807, 2.05) is 24.3 Å². The summed E-state index contributed by atoms with van der Waals surface area (Å²) in [6.45, 7) is 1.36. The summed E-state index contributed by atoms with van der Waals surface area (Å²) < 4.78 is 1.05. The minimum Gasteiger partial charge on any atom is -0.370 e. The Morgan fingerprint density at radius 3 is 2.63 bits per heavy atom. The average Bonchev–Trinajstić information content (AvgIpc) is 2.38. The van der Waals surface area contributed by atoms with Crippen LogP contribution in [-0.4, -0.2) is 7.05 Å². The van der Waals surface area contributed by atoms with Crippen molar-refractivity contribution < 1.29 is 0 Å². The predicted octanol–water partition coefficient (Wildman–Crippen LogP) is 4.20. The maximum Gasteiger partial charge on any atom is 0.0426 e. The van der Waals surface area contributed by atoms with Crippen LogP contribution in [0.1, 0.15) is 11.1 Å². The van der Waals surface area contributed by atoms with Gasteiger partial charge in [-0.05, 0) is 35.4 Å². The van der Waals surface area contributed by atoms with Crippen molar-refractivity contribution in [1.82, 2.24) is 0 Å². The van der Waals surface area contributed by atoms with Gasteiger partial charge in [-0.3, -0.25) is 0 Å². The van der Waals surface area contributed by atoms with Crippen LogP contribution in [0, 0.1) is 0 Å². The molecule has 2 N–H and O–H groups in total. The van der Waals surface area contributed by atoms with Gasteiger partial charge in [0.1, 0.15) is 0 Å². The summed E-state index contributed by atoms with van der Waals surface area (Å²) in [5.41, 5.74) is 9.10. The minimum absolute atomic E-state index is 0.541. The molecule has 19 heavy (non-hydrogen) atoms. The molecule has 0 aliphatic rings. The van der Waals surface area contributed by atoms with Gasteiger partial charge in [-0.2, -0.15) is 0 Å². The molecule has 0 atom stereocenters. The fraction of sp³-hybridized carbons (Fsp3) is 0.200. The zero-order valence-electron chi connectivity index (χ0n) is 10.7. The van der Waals surface area contributed by atoms with Gasteiger partial charge in [0.25, 0.3) is 0 Å². The maximum atomic E-state index is 6.00. The Morgan fingerprint density at radius 1 is 1.21 bits per heavy atom. The molecule has 0 radical (unpaired) electrons. The third kappa shape index (κ3) is 3.72. The summed E-state index contributed by atoms with van der Waals surface area (Å²) >= 11 is 9.54. The summed E-state index contributed by atoms with van der Waals surface area (Å²) in [7, 11) is 2.06. The lowest BCUT2D eigenvalue weighted by Gasteiger charge is -2.20. The number of halogens is 2. The first-order valence-corrected chi connectivity index (χ1v) is 7.21. The van der Waals surface area contributed by atoms with Crippen molar-refractivity contribution in [3.8, 4) is 0 Å². The Labute approximate surface area is 127 Å². The van der Waals surface area contributed by atoms with Crippen LogP contribution in [0.2, 0.25) is 5.02 Å². The van der Waals surface area contributed by atoms with Crippen LogP contribution < -0.4 is 10.6 Å². The molecule has 2 rings (SSSR count). The second-order valence-electron chi connectivity index (χ2n) is 4.47. The van der Waals surface area contributed by atoms with E-state index in [0.29, 0.717) is 6.54 Å². The Bertz CT molecular complexity index is 572. The Balaban J connectivity index is 2.15. The van der Waals surface area contributed by atoms with Crippen LogP contribution in [0.4, 0.5) is 5.69 Å². The van der Waals surface area contributed by atoms with Gasteiger partial charge in [0, 0.05) is 35.3 Å². The smallest absolute Gasteiger partial charge is 0.0426 e. The Kier molecular flexibility index (Phi) is 4.86. The van der Waals surface area contributed by atoms with E-state index in [2.05, 4.69) is 46.1 Å². The van der Waals surface area contributed by atoms with E-state index in [9.17, 15) is 0 Å². The first-order chi connectivity index (χ1) is 9.10. The lowest BCUT2D eigenvalue weighted by molar-refractivity contribution is 0.920. The monoisotopic (exact) mass is 338 g/mol. The molecule has 0 heterocycles. The highest BCUT2D eigenvalue weighted by Gasteiger charge is 2.05. The van der Waals surface area contributed by atoms with Crippen molar-refractivity contribution in [2.75, 3.05) is 11.9 Å². The molecule has 0 aliphatic carbocycles. The van der Waals surface area contributed by atoms with Gasteiger partial charge in [0.05, 0.1) is 0 Å². The van der Waals surface area contributed by atoms with Gasteiger partial charge in [0.2, 0.25) is 0 Å². The second-order valence-corrected chi connectivity index (χ2v) is 5.76. The predicted molar refractivity (Wildman–Crippen MR) is 85.6 cm³/mol. The van der Waals surface area contributed by atoms with Crippen molar-refractivity contribution >= 4 is 33.2 Å². The molecular weight excluding hydrogens is 324 g/mol. The summed E-state index contributed by atoms with van der Waals surface area (Å²) in [5.74, 6) is 0. The molecule has 2 aromatic rings. The molecule has 0 unspecified atom stereocenters. The normalized spacial score (nSPS) is 10.5. The molecule has 100 valence electrons. The number of hydrogen-bond acceptors (Lipinski definition) is 2. The molecule has 2 nitrogen and oxygen atoms in total. The highest BCUT2D eigenvalue weighted by molar-refractivity contribution is 9.10. The van der Waals surface area contributed by atoms with E-state index in [0.717, 1.165) is 27.3 Å². The lowest BCUT2D eigenvalue weighted by Crippen LogP contribution is -2.16. The summed E-state index contributed by atoms with van der Waals surface area (Å²) in [6.07, 6.45) is 0. The quantitative estimate of drug-likeness (QED) is 0.904. The fourth-order valence-corrected chi connectivity index (χ4v) is 2.68. The first kappa shape index (κ1) is 14.4. The zero-order chi connectivity index (χ0) is 13.8. The van der Waals surface area contributed by atoms with Crippen LogP contribution in [0.25, 0.3) is 0 Å². The molecular formula is C15H16BrClN2. The average molecular weight is 340 g/mol. The number of nitrogens with zero attached hydrogens (tertiary/aromatic N) is 1. The maximum absolute atomic E-state index is 6.00. The summed E-state index contributed by atoms with van der Waals surface area (Å²) in [5, 5.41) is 0.769. The number of hydrogen-bond donors (Lipinski definition) is 1. The largest absolute Gasteiger partial charge is 0.370 e. The molecule has 0 spiro atoms. The van der Waals surface area contributed by atoms with Crippen LogP contribution in [0.15, 0.2) is 46.9 Å². The first-order valence-electron chi connectivity index (χ1n) is 6.04. The van der Waals surface area contributed by atoms with E-state index >= 15 is 0 Å². The molecule has 0 bridgehead atoms. The van der Waals surface area contributed by atoms with E-state index in [4.69, 9.17) is 17.3 Å². The van der Waals surface area contributed by atoms with Crippen LogP contribution in [-0.2, 0) is 13.1 Å². The molecule has 0 saturated heterocycles. The van der Waals surface area contributed by atoms with Crippen LogP contribution in [0.3, 0.4) is 0 Å². The third-order valence-corrected chi connectivity index (χ3v) is 3.98. The minimum atomic E-state index is 0.541. The fourth-order valence-electron chi connectivity index (χ4n) is 1.94. The third-order valence-electron chi connectivity index (χ3n) is 3.01. The summed E-state index contributed by atoms with van der Waals surface area (Å²) in [6, 6.07) is 14.1. The van der Waals surface area contributed by atoms with Crippen LogP contribution in [0.5, 0.6) is 0 Å². The number of anilines is 1. The van der Waals surface area contributed by atoms with Crippen molar-refractivity contribution in [2.45, 2.75) is 13.1 Å². The zero-order valence-corrected chi connectivity index (χ0v) is 13.1. The van der Waals surface area contributed by atoms with Gasteiger partial charge < -0.3 is 10.6 Å². The number of benzene rings is 2. The van der Waals surface area contributed by atoms with Gasteiger partial charge in [0.15, 0.2) is 0 Å². The SMILES string of the molecule is CN(Cc1cccc(Cl)c1)c1ccc(CN)c(Br)c1. The molecule has 0 aromatic heterocycles. The summed E-state index contributed by atoms with van der Waals surface area (Å²) in [4.78, 5) is 2.18. The van der Waals surface area contributed by atoms with E-state index in [1.165, 1.54) is 5.56 Å².